The molecule has 0 bridgehead atoms. The predicted molar refractivity (Wildman–Crippen MR) is 100 cm³/mol. The van der Waals surface area contributed by atoms with E-state index in [1.54, 1.807) is 48.6 Å². The SMILES string of the molecule is C.CN(Cc1ccccc1)C(=O)c1cncc(-c2ccc(O)cc2)c1. The van der Waals surface area contributed by atoms with E-state index in [9.17, 15) is 9.90 Å². The molecule has 128 valence electrons. The number of benzene rings is 2. The molecule has 0 spiro atoms. The van der Waals surface area contributed by atoms with Gasteiger partial charge in [-0.25, -0.2) is 0 Å². The van der Waals surface area contributed by atoms with Crippen LogP contribution < -0.4 is 0 Å². The third kappa shape index (κ3) is 4.44. The van der Waals surface area contributed by atoms with Crippen molar-refractivity contribution in [1.82, 2.24) is 9.88 Å². The van der Waals surface area contributed by atoms with Gasteiger partial charge in [-0.2, -0.15) is 0 Å². The Morgan fingerprint density at radius 2 is 1.68 bits per heavy atom. The number of aromatic hydroxyl groups is 1. The Labute approximate surface area is 148 Å². The largest absolute Gasteiger partial charge is 0.508 e. The molecule has 0 fully saturated rings. The molecule has 1 heterocycles. The van der Waals surface area contributed by atoms with Crippen LogP contribution >= 0.6 is 0 Å². The average molecular weight is 334 g/mol. The number of carbonyl (C=O) groups is 1. The molecule has 3 aromatic rings. The summed E-state index contributed by atoms with van der Waals surface area (Å²) >= 11 is 0. The second-order valence-corrected chi connectivity index (χ2v) is 5.66. The molecular weight excluding hydrogens is 312 g/mol. The van der Waals surface area contributed by atoms with E-state index >= 15 is 0 Å². The zero-order chi connectivity index (χ0) is 16.9. The van der Waals surface area contributed by atoms with Crippen LogP contribution in [0.4, 0.5) is 0 Å². The van der Waals surface area contributed by atoms with Crippen LogP contribution in [-0.2, 0) is 6.54 Å². The second-order valence-electron chi connectivity index (χ2n) is 5.66. The molecule has 1 N–H and O–H groups in total. The third-order valence-corrected chi connectivity index (χ3v) is 3.80. The minimum atomic E-state index is -0.0769. The first kappa shape index (κ1) is 18.2. The van der Waals surface area contributed by atoms with Gasteiger partial charge in [0, 0.05) is 31.5 Å². The molecule has 3 rings (SSSR count). The van der Waals surface area contributed by atoms with Gasteiger partial charge in [0.2, 0.25) is 0 Å². The van der Waals surface area contributed by atoms with Crippen molar-refractivity contribution in [3.05, 3.63) is 84.2 Å². The van der Waals surface area contributed by atoms with Gasteiger partial charge >= 0.3 is 0 Å². The highest BCUT2D eigenvalue weighted by atomic mass is 16.3. The Hall–Kier alpha value is -3.14. The molecule has 0 aliphatic heterocycles. The minimum Gasteiger partial charge on any atom is -0.508 e. The van der Waals surface area contributed by atoms with Crippen molar-refractivity contribution >= 4 is 5.91 Å². The smallest absolute Gasteiger partial charge is 0.255 e. The lowest BCUT2D eigenvalue weighted by atomic mass is 10.1. The van der Waals surface area contributed by atoms with Crippen LogP contribution in [0.5, 0.6) is 5.75 Å². The minimum absolute atomic E-state index is 0. The molecule has 25 heavy (non-hydrogen) atoms. The van der Waals surface area contributed by atoms with Gasteiger partial charge in [-0.15, -0.1) is 0 Å². The number of phenols is 1. The molecule has 1 amide bonds. The van der Waals surface area contributed by atoms with E-state index in [-0.39, 0.29) is 19.1 Å². The van der Waals surface area contributed by atoms with Gasteiger partial charge in [0.15, 0.2) is 0 Å². The van der Waals surface area contributed by atoms with Crippen molar-refractivity contribution in [2.24, 2.45) is 0 Å². The molecule has 4 heteroatoms. The number of rotatable bonds is 4. The first-order valence-corrected chi connectivity index (χ1v) is 7.67. The highest BCUT2D eigenvalue weighted by Gasteiger charge is 2.13. The Morgan fingerprint density at radius 3 is 2.36 bits per heavy atom. The zero-order valence-corrected chi connectivity index (χ0v) is 13.4. The lowest BCUT2D eigenvalue weighted by molar-refractivity contribution is 0.0784. The van der Waals surface area contributed by atoms with Gasteiger partial charge < -0.3 is 10.0 Å². The maximum absolute atomic E-state index is 12.6. The van der Waals surface area contributed by atoms with Crippen LogP contribution in [0, 0.1) is 0 Å². The summed E-state index contributed by atoms with van der Waals surface area (Å²) in [6.45, 7) is 0.545. The van der Waals surface area contributed by atoms with Gasteiger partial charge in [0.1, 0.15) is 5.75 Å². The summed E-state index contributed by atoms with van der Waals surface area (Å²) in [5.41, 5.74) is 3.37. The van der Waals surface area contributed by atoms with E-state index < -0.39 is 0 Å². The molecule has 4 nitrogen and oxygen atoms in total. The van der Waals surface area contributed by atoms with Gasteiger partial charge in [-0.1, -0.05) is 49.9 Å². The fourth-order valence-corrected chi connectivity index (χ4v) is 2.52. The van der Waals surface area contributed by atoms with Gasteiger partial charge in [-0.3, -0.25) is 9.78 Å². The summed E-state index contributed by atoms with van der Waals surface area (Å²) in [5, 5.41) is 9.38. The van der Waals surface area contributed by atoms with Crippen LogP contribution in [0.25, 0.3) is 11.1 Å². The summed E-state index contributed by atoms with van der Waals surface area (Å²) < 4.78 is 0. The second kappa shape index (κ2) is 8.11. The van der Waals surface area contributed by atoms with E-state index in [0.717, 1.165) is 16.7 Å². The van der Waals surface area contributed by atoms with E-state index in [2.05, 4.69) is 4.98 Å². The molecule has 0 aliphatic rings. The normalized spacial score (nSPS) is 9.96. The Balaban J connectivity index is 0.00000225. The van der Waals surface area contributed by atoms with Crippen molar-refractivity contribution in [2.45, 2.75) is 14.0 Å². The highest BCUT2D eigenvalue weighted by molar-refractivity contribution is 5.94. The Bertz CT molecular complexity index is 830. The average Bonchev–Trinajstić information content (AvgIpc) is 2.62. The summed E-state index contributed by atoms with van der Waals surface area (Å²) in [5.74, 6) is 0.133. The van der Waals surface area contributed by atoms with E-state index in [1.807, 2.05) is 36.4 Å². The molecule has 0 unspecified atom stereocenters. The van der Waals surface area contributed by atoms with Crippen molar-refractivity contribution in [3.63, 3.8) is 0 Å². The molecule has 2 aromatic carbocycles. The summed E-state index contributed by atoms with van der Waals surface area (Å²) in [4.78, 5) is 18.5. The number of nitrogens with zero attached hydrogens (tertiary/aromatic N) is 2. The number of pyridine rings is 1. The zero-order valence-electron chi connectivity index (χ0n) is 13.4. The summed E-state index contributed by atoms with van der Waals surface area (Å²) in [6, 6.07) is 18.5. The molecule has 0 saturated carbocycles. The number of hydrogen-bond donors (Lipinski definition) is 1. The Kier molecular flexibility index (Phi) is 5.90. The van der Waals surface area contributed by atoms with Crippen LogP contribution in [0.15, 0.2) is 73.1 Å². The topological polar surface area (TPSA) is 53.4 Å². The lowest BCUT2D eigenvalue weighted by Crippen LogP contribution is -2.26. The van der Waals surface area contributed by atoms with Crippen molar-refractivity contribution in [3.8, 4) is 16.9 Å². The van der Waals surface area contributed by atoms with Crippen LogP contribution in [0.3, 0.4) is 0 Å². The maximum Gasteiger partial charge on any atom is 0.255 e. The molecule has 0 atom stereocenters. The van der Waals surface area contributed by atoms with E-state index in [0.29, 0.717) is 12.1 Å². The predicted octanol–water partition coefficient (Wildman–Crippen LogP) is 4.36. The number of hydrogen-bond acceptors (Lipinski definition) is 3. The summed E-state index contributed by atoms with van der Waals surface area (Å²) in [6.07, 6.45) is 3.29. The first-order chi connectivity index (χ1) is 11.6. The highest BCUT2D eigenvalue weighted by Crippen LogP contribution is 2.22. The quantitative estimate of drug-likeness (QED) is 0.771. The van der Waals surface area contributed by atoms with Crippen molar-refractivity contribution < 1.29 is 9.90 Å². The number of carbonyl (C=O) groups excluding carboxylic acids is 1. The standard InChI is InChI=1S/C20H18N2O2.CH4/c1-22(14-15-5-3-2-4-6-15)20(24)18-11-17(12-21-13-18)16-7-9-19(23)10-8-16;/h2-13,23H,14H2,1H3;1H4. The van der Waals surface area contributed by atoms with Gasteiger partial charge in [0.25, 0.3) is 5.91 Å². The fourth-order valence-electron chi connectivity index (χ4n) is 2.52. The number of phenolic OH excluding ortho intramolecular Hbond substituents is 1. The third-order valence-electron chi connectivity index (χ3n) is 3.80. The van der Waals surface area contributed by atoms with Crippen LogP contribution in [0.2, 0.25) is 0 Å². The number of amides is 1. The molecule has 0 saturated heterocycles. The van der Waals surface area contributed by atoms with Crippen molar-refractivity contribution in [1.29, 1.82) is 0 Å². The summed E-state index contributed by atoms with van der Waals surface area (Å²) in [7, 11) is 1.78. The monoisotopic (exact) mass is 334 g/mol. The number of aromatic nitrogens is 1. The van der Waals surface area contributed by atoms with Crippen molar-refractivity contribution in [2.75, 3.05) is 7.05 Å². The van der Waals surface area contributed by atoms with E-state index in [4.69, 9.17) is 0 Å². The first-order valence-electron chi connectivity index (χ1n) is 7.67. The van der Waals surface area contributed by atoms with E-state index in [1.165, 1.54) is 0 Å². The van der Waals surface area contributed by atoms with Crippen LogP contribution in [0.1, 0.15) is 23.3 Å². The molecule has 0 radical (unpaired) electrons. The van der Waals surface area contributed by atoms with Gasteiger partial charge in [0.05, 0.1) is 5.56 Å². The molecule has 1 aromatic heterocycles. The van der Waals surface area contributed by atoms with Crippen LogP contribution in [-0.4, -0.2) is 27.9 Å². The van der Waals surface area contributed by atoms with Gasteiger partial charge in [-0.05, 0) is 29.3 Å². The Morgan fingerprint density at radius 1 is 1.00 bits per heavy atom. The molecular formula is C21H22N2O2. The fraction of sp³-hybridized carbons (Fsp3) is 0.143. The molecule has 0 aliphatic carbocycles. The maximum atomic E-state index is 12.6. The lowest BCUT2D eigenvalue weighted by Gasteiger charge is -2.17.